The monoisotopic (exact) mass is 688 g/mol. The summed E-state index contributed by atoms with van der Waals surface area (Å²) >= 11 is 1.06. The molecule has 1 N–H and O–H groups in total. The number of aromatic nitrogens is 1. The third-order valence-electron chi connectivity index (χ3n) is 5.26. The van der Waals surface area contributed by atoms with Gasteiger partial charge in [0.15, 0.2) is 6.20 Å². The van der Waals surface area contributed by atoms with Gasteiger partial charge in [0.25, 0.3) is 12.3 Å². The summed E-state index contributed by atoms with van der Waals surface area (Å²) in [6, 6.07) is 6.19. The number of carbonyl (C=O) groups excluding carboxylic acids is 1. The number of benzene rings is 2. The molecule has 39 heavy (non-hydrogen) atoms. The zero-order chi connectivity index (χ0) is 29.6. The maximum Gasteiger partial charge on any atom is 0.457 e. The number of halogens is 12. The molecule has 2 aromatic carbocycles. The number of amides is 1. The van der Waals surface area contributed by atoms with Crippen LogP contribution in [-0.4, -0.2) is 37.2 Å². The van der Waals surface area contributed by atoms with Crippen LogP contribution in [-0.2, 0) is 5.67 Å². The van der Waals surface area contributed by atoms with Gasteiger partial charge in [-0.2, -0.15) is 39.9 Å². The average molecular weight is 688 g/mol. The molecule has 0 saturated heterocycles. The minimum atomic E-state index is -7.02. The Morgan fingerprint density at radius 1 is 0.974 bits per heavy atom. The molecule has 0 saturated carbocycles. The Kier molecular flexibility index (Phi) is 8.16. The van der Waals surface area contributed by atoms with Crippen molar-refractivity contribution in [2.24, 2.45) is 0 Å². The SMILES string of the molecule is O=C(Nc1c(I)cc(C(F)(C(F)(F)F)C(F)(F)C(F)(F)F)cc1OCC(F)F)c1ccc2ccc[n+]([O-])c2c1. The number of rotatable bonds is 7. The lowest BCUT2D eigenvalue weighted by Gasteiger charge is -2.36. The second-order valence-corrected chi connectivity index (χ2v) is 8.99. The standard InChI is InChI=1S/C22H12F11IN2O3/c23-16(24)9-39-15-8-12(19(25,21(28,29)30)20(26,27)22(31,32)33)7-13(34)17(15)35-18(37)11-4-3-10-2-1-5-36(38)14(10)6-11/h1-8,16H,9H2,(H,35,37). The number of nitrogens with zero attached hydrogens (tertiary/aromatic N) is 1. The van der Waals surface area contributed by atoms with E-state index in [2.05, 4.69) is 4.74 Å². The van der Waals surface area contributed by atoms with Crippen molar-refractivity contribution in [1.29, 1.82) is 0 Å². The first-order valence-corrected chi connectivity index (χ1v) is 11.3. The zero-order valence-corrected chi connectivity index (χ0v) is 20.8. The highest BCUT2D eigenvalue weighted by Crippen LogP contribution is 2.59. The van der Waals surface area contributed by atoms with Crippen LogP contribution in [0.4, 0.5) is 54.0 Å². The molecule has 0 aliphatic heterocycles. The van der Waals surface area contributed by atoms with Crippen LogP contribution in [0, 0.1) is 8.78 Å². The fourth-order valence-corrected chi connectivity index (χ4v) is 4.13. The number of hydrogen-bond donors (Lipinski definition) is 1. The molecule has 0 radical (unpaired) electrons. The van der Waals surface area contributed by atoms with Crippen LogP contribution >= 0.6 is 22.6 Å². The molecule has 5 nitrogen and oxygen atoms in total. The highest BCUT2D eigenvalue weighted by Gasteiger charge is 2.81. The second-order valence-electron chi connectivity index (χ2n) is 7.82. The topological polar surface area (TPSA) is 65.3 Å². The summed E-state index contributed by atoms with van der Waals surface area (Å²) in [6.45, 7) is -1.62. The molecule has 1 amide bonds. The van der Waals surface area contributed by atoms with Crippen LogP contribution in [0.5, 0.6) is 5.75 Å². The molecule has 1 heterocycles. The number of carbonyl (C=O) groups is 1. The van der Waals surface area contributed by atoms with Crippen molar-refractivity contribution in [3.63, 3.8) is 0 Å². The summed E-state index contributed by atoms with van der Waals surface area (Å²) < 4.78 is 152. The molecule has 1 unspecified atom stereocenters. The van der Waals surface area contributed by atoms with Crippen molar-refractivity contribution in [3.8, 4) is 5.75 Å². The first kappa shape index (κ1) is 30.4. The van der Waals surface area contributed by atoms with E-state index in [0.717, 1.165) is 34.9 Å². The molecule has 0 aliphatic rings. The molecule has 0 spiro atoms. The lowest BCUT2D eigenvalue weighted by molar-refractivity contribution is -0.577. The van der Waals surface area contributed by atoms with Gasteiger partial charge in [0, 0.05) is 32.2 Å². The minimum absolute atomic E-state index is 0.00820. The van der Waals surface area contributed by atoms with E-state index in [1.165, 1.54) is 24.3 Å². The molecule has 17 heteroatoms. The predicted octanol–water partition coefficient (Wildman–Crippen LogP) is 6.90. The first-order chi connectivity index (χ1) is 17.8. The van der Waals surface area contributed by atoms with Crippen molar-refractivity contribution in [1.82, 2.24) is 0 Å². The molecule has 0 fully saturated rings. The van der Waals surface area contributed by atoms with Gasteiger partial charge < -0.3 is 15.3 Å². The van der Waals surface area contributed by atoms with Crippen LogP contribution in [0.25, 0.3) is 10.9 Å². The van der Waals surface area contributed by atoms with Gasteiger partial charge >= 0.3 is 23.9 Å². The van der Waals surface area contributed by atoms with Gasteiger partial charge in [0.05, 0.1) is 5.69 Å². The predicted molar refractivity (Wildman–Crippen MR) is 121 cm³/mol. The van der Waals surface area contributed by atoms with E-state index in [9.17, 15) is 58.3 Å². The van der Waals surface area contributed by atoms with Crippen LogP contribution < -0.4 is 14.8 Å². The summed E-state index contributed by atoms with van der Waals surface area (Å²) in [5.74, 6) is -9.39. The van der Waals surface area contributed by atoms with Gasteiger partial charge in [-0.3, -0.25) is 4.79 Å². The average Bonchev–Trinajstić information content (AvgIpc) is 2.82. The maximum atomic E-state index is 15.0. The highest BCUT2D eigenvalue weighted by molar-refractivity contribution is 14.1. The van der Waals surface area contributed by atoms with Gasteiger partial charge in [0.1, 0.15) is 12.4 Å². The number of nitrogens with one attached hydrogen (secondary N) is 1. The summed E-state index contributed by atoms with van der Waals surface area (Å²) in [4.78, 5) is 12.8. The van der Waals surface area contributed by atoms with Gasteiger partial charge in [-0.05, 0) is 52.9 Å². The van der Waals surface area contributed by atoms with Crippen LogP contribution in [0.3, 0.4) is 0 Å². The largest absolute Gasteiger partial charge is 0.618 e. The molecule has 1 atom stereocenters. The van der Waals surface area contributed by atoms with E-state index in [1.807, 2.05) is 5.32 Å². The molecule has 0 bridgehead atoms. The van der Waals surface area contributed by atoms with Crippen LogP contribution in [0.2, 0.25) is 0 Å². The number of hydrogen-bond acceptors (Lipinski definition) is 3. The first-order valence-electron chi connectivity index (χ1n) is 10.2. The van der Waals surface area contributed by atoms with Crippen molar-refractivity contribution < 1.29 is 62.6 Å². The van der Waals surface area contributed by atoms with E-state index in [-0.39, 0.29) is 23.2 Å². The normalized spacial score (nSPS) is 14.4. The number of ether oxygens (including phenoxy) is 1. The summed E-state index contributed by atoms with van der Waals surface area (Å²) in [7, 11) is 0. The van der Waals surface area contributed by atoms with Gasteiger partial charge in [-0.1, -0.05) is 0 Å². The van der Waals surface area contributed by atoms with E-state index >= 15 is 0 Å². The number of fused-ring (bicyclic) bond motifs is 1. The third kappa shape index (κ3) is 5.62. The van der Waals surface area contributed by atoms with Crippen molar-refractivity contribution in [3.05, 3.63) is 68.6 Å². The molecular formula is C22H12F11IN2O3. The van der Waals surface area contributed by atoms with Crippen LogP contribution in [0.15, 0.2) is 48.7 Å². The maximum absolute atomic E-state index is 15.0. The Bertz CT molecular complexity index is 1400. The Balaban J connectivity index is 2.16. The molecule has 0 aliphatic carbocycles. The summed E-state index contributed by atoms with van der Waals surface area (Å²) in [5.41, 5.74) is -9.69. The Morgan fingerprint density at radius 2 is 1.62 bits per heavy atom. The van der Waals surface area contributed by atoms with Gasteiger partial charge in [0.2, 0.25) is 5.52 Å². The quantitative estimate of drug-likeness (QED) is 0.127. The number of anilines is 1. The van der Waals surface area contributed by atoms with E-state index in [4.69, 9.17) is 0 Å². The Morgan fingerprint density at radius 3 is 2.18 bits per heavy atom. The van der Waals surface area contributed by atoms with Crippen molar-refractivity contribution >= 4 is 45.1 Å². The van der Waals surface area contributed by atoms with Crippen molar-refractivity contribution in [2.45, 2.75) is 30.4 Å². The molecule has 1 aromatic heterocycles. The second kappa shape index (κ2) is 10.5. The number of alkyl halides is 11. The Labute approximate surface area is 224 Å². The fraction of sp³-hybridized carbons (Fsp3) is 0.273. The molecule has 212 valence electrons. The van der Waals surface area contributed by atoms with E-state index in [0.29, 0.717) is 10.1 Å². The lowest BCUT2D eigenvalue weighted by atomic mass is 9.87. The van der Waals surface area contributed by atoms with Crippen molar-refractivity contribution in [2.75, 3.05) is 11.9 Å². The zero-order valence-electron chi connectivity index (χ0n) is 18.6. The molecule has 3 aromatic rings. The molecule has 3 rings (SSSR count). The molecular weight excluding hydrogens is 676 g/mol. The van der Waals surface area contributed by atoms with E-state index in [1.54, 1.807) is 0 Å². The lowest BCUT2D eigenvalue weighted by Crippen LogP contribution is -2.59. The summed E-state index contributed by atoms with van der Waals surface area (Å²) in [6.07, 6.45) is -16.1. The highest BCUT2D eigenvalue weighted by atomic mass is 127. The van der Waals surface area contributed by atoms with Gasteiger partial charge in [-0.15, -0.1) is 0 Å². The fourth-order valence-electron chi connectivity index (χ4n) is 3.39. The summed E-state index contributed by atoms with van der Waals surface area (Å²) in [5, 5.41) is 14.4. The number of pyridine rings is 1. The van der Waals surface area contributed by atoms with Gasteiger partial charge in [-0.25, -0.2) is 13.2 Å². The third-order valence-corrected chi connectivity index (χ3v) is 6.11. The van der Waals surface area contributed by atoms with Crippen LogP contribution in [0.1, 0.15) is 15.9 Å². The Hall–Kier alpha value is -3.12. The minimum Gasteiger partial charge on any atom is -0.618 e. The smallest absolute Gasteiger partial charge is 0.457 e. The van der Waals surface area contributed by atoms with E-state index < -0.39 is 63.5 Å².